The Morgan fingerprint density at radius 3 is 2.63 bits per heavy atom. The van der Waals surface area contributed by atoms with E-state index in [2.05, 4.69) is 15.5 Å². The number of nitrogens with zero attached hydrogens (tertiary/aromatic N) is 1. The highest BCUT2D eigenvalue weighted by atomic mass is 16.6. The number of hydrogen-bond donors (Lipinski definition) is 4. The van der Waals surface area contributed by atoms with Crippen molar-refractivity contribution in [2.45, 2.75) is 45.5 Å². The molecule has 7 heteroatoms. The molecule has 4 N–H and O–H groups in total. The molecule has 1 rings (SSSR count). The molecule has 0 bridgehead atoms. The minimum absolute atomic E-state index is 0.110. The van der Waals surface area contributed by atoms with Gasteiger partial charge in [-0.25, -0.2) is 4.79 Å². The third-order valence-corrected chi connectivity index (χ3v) is 2.41. The van der Waals surface area contributed by atoms with E-state index in [1.54, 1.807) is 27.7 Å². The number of nitrogens with one attached hydrogen (secondary N) is 2. The molecule has 1 aromatic rings. The molecule has 0 spiro atoms. The number of alkyl carbamates (subject to hydrolysis) is 1. The van der Waals surface area contributed by atoms with Crippen molar-refractivity contribution >= 4 is 6.09 Å². The number of aryl methyl sites for hydroxylation is 1. The Hall–Kier alpha value is -1.60. The molecule has 108 valence electrons. The predicted octanol–water partition coefficient (Wildman–Crippen LogP) is 0.637. The van der Waals surface area contributed by atoms with Crippen molar-refractivity contribution in [2.24, 2.45) is 0 Å². The van der Waals surface area contributed by atoms with Crippen molar-refractivity contribution in [1.29, 1.82) is 0 Å². The second-order valence-electron chi connectivity index (χ2n) is 5.35. The molecule has 0 fully saturated rings. The molecule has 0 aliphatic heterocycles. The van der Waals surface area contributed by atoms with E-state index < -0.39 is 23.9 Å². The minimum atomic E-state index is -1.14. The highest BCUT2D eigenvalue weighted by Gasteiger charge is 2.23. The van der Waals surface area contributed by atoms with Crippen molar-refractivity contribution in [3.05, 3.63) is 17.5 Å². The molecule has 1 amide bonds. The molecule has 0 aromatic carbocycles. The zero-order chi connectivity index (χ0) is 14.6. The molecule has 1 heterocycles. The summed E-state index contributed by atoms with van der Waals surface area (Å²) >= 11 is 0. The number of carbonyl (C=O) groups excluding carboxylic acids is 1. The Morgan fingerprint density at radius 2 is 2.16 bits per heavy atom. The fourth-order valence-corrected chi connectivity index (χ4v) is 1.48. The van der Waals surface area contributed by atoms with E-state index >= 15 is 0 Å². The van der Waals surface area contributed by atoms with Crippen LogP contribution < -0.4 is 5.32 Å². The number of hydrogen-bond acceptors (Lipinski definition) is 5. The lowest BCUT2D eigenvalue weighted by Crippen LogP contribution is -2.38. The summed E-state index contributed by atoms with van der Waals surface area (Å²) in [5, 5.41) is 28.5. The summed E-state index contributed by atoms with van der Waals surface area (Å²) in [6, 6.07) is 0. The summed E-state index contributed by atoms with van der Waals surface area (Å²) in [6.45, 7) is 6.85. The number of ether oxygens (including phenoxy) is 1. The molecule has 0 saturated carbocycles. The van der Waals surface area contributed by atoms with Crippen LogP contribution in [0.5, 0.6) is 0 Å². The summed E-state index contributed by atoms with van der Waals surface area (Å²) in [7, 11) is 0. The minimum Gasteiger partial charge on any atom is -0.444 e. The molecule has 0 aliphatic carbocycles. The molecule has 1 aromatic heterocycles. The Morgan fingerprint density at radius 1 is 1.53 bits per heavy atom. The van der Waals surface area contributed by atoms with Gasteiger partial charge in [0.05, 0.1) is 6.20 Å². The van der Waals surface area contributed by atoms with Crippen LogP contribution in [-0.2, 0) is 4.74 Å². The van der Waals surface area contributed by atoms with Crippen LogP contribution in [-0.4, -0.2) is 44.8 Å². The number of aliphatic hydroxyl groups excluding tert-OH is 2. The Labute approximate surface area is 112 Å². The van der Waals surface area contributed by atoms with Gasteiger partial charge in [-0.15, -0.1) is 0 Å². The topological polar surface area (TPSA) is 107 Å². The molecule has 0 aliphatic rings. The Bertz CT molecular complexity index is 425. The fraction of sp³-hybridized carbons (Fsp3) is 0.667. The average Bonchev–Trinajstić information content (AvgIpc) is 2.69. The van der Waals surface area contributed by atoms with Crippen LogP contribution in [0.15, 0.2) is 6.20 Å². The summed E-state index contributed by atoms with van der Waals surface area (Å²) in [5.74, 6) is 0. The zero-order valence-corrected chi connectivity index (χ0v) is 11.6. The standard InChI is InChI=1S/C12H21N3O4/c1-7-8(5-14-15-7)10(17)9(16)6-13-11(18)19-12(2,3)4/h5,9-10,16-17H,6H2,1-4H3,(H,13,18)(H,14,15). The molecule has 2 atom stereocenters. The maximum atomic E-state index is 11.4. The van der Waals surface area contributed by atoms with E-state index in [0.29, 0.717) is 11.3 Å². The summed E-state index contributed by atoms with van der Waals surface area (Å²) < 4.78 is 5.02. The highest BCUT2D eigenvalue weighted by Crippen LogP contribution is 2.18. The summed E-state index contributed by atoms with van der Waals surface area (Å²) in [4.78, 5) is 11.4. The molecule has 2 unspecified atom stereocenters. The normalized spacial score (nSPS) is 14.8. The average molecular weight is 271 g/mol. The third-order valence-electron chi connectivity index (χ3n) is 2.41. The maximum Gasteiger partial charge on any atom is 0.407 e. The van der Waals surface area contributed by atoms with Gasteiger partial charge in [0.25, 0.3) is 0 Å². The fourth-order valence-electron chi connectivity index (χ4n) is 1.48. The van der Waals surface area contributed by atoms with Crippen molar-refractivity contribution in [3.63, 3.8) is 0 Å². The predicted molar refractivity (Wildman–Crippen MR) is 68.5 cm³/mol. The monoisotopic (exact) mass is 271 g/mol. The van der Waals surface area contributed by atoms with Gasteiger partial charge in [-0.05, 0) is 27.7 Å². The van der Waals surface area contributed by atoms with Crippen LogP contribution in [0.3, 0.4) is 0 Å². The Kier molecular flexibility index (Phi) is 4.90. The summed E-state index contributed by atoms with van der Waals surface area (Å²) in [5.41, 5.74) is 0.566. The van der Waals surface area contributed by atoms with Gasteiger partial charge in [-0.2, -0.15) is 5.10 Å². The zero-order valence-electron chi connectivity index (χ0n) is 11.6. The van der Waals surface area contributed by atoms with Crippen LogP contribution in [0, 0.1) is 6.92 Å². The molecule has 7 nitrogen and oxygen atoms in total. The highest BCUT2D eigenvalue weighted by molar-refractivity contribution is 5.67. The van der Waals surface area contributed by atoms with E-state index in [0.717, 1.165) is 0 Å². The summed E-state index contributed by atoms with van der Waals surface area (Å²) in [6.07, 6.45) is -1.45. The number of aliphatic hydroxyl groups is 2. The van der Waals surface area contributed by atoms with Gasteiger partial charge in [-0.1, -0.05) is 0 Å². The van der Waals surface area contributed by atoms with Gasteiger partial charge < -0.3 is 20.3 Å². The first-order chi connectivity index (χ1) is 8.70. The smallest absolute Gasteiger partial charge is 0.407 e. The van der Waals surface area contributed by atoms with Crippen LogP contribution in [0.25, 0.3) is 0 Å². The second kappa shape index (κ2) is 6.03. The number of H-pyrrole nitrogens is 1. The van der Waals surface area contributed by atoms with Crippen LogP contribution in [0.1, 0.15) is 38.1 Å². The van der Waals surface area contributed by atoms with E-state index in [-0.39, 0.29) is 6.54 Å². The molecule has 0 saturated heterocycles. The SMILES string of the molecule is Cc1[nH]ncc1C(O)C(O)CNC(=O)OC(C)(C)C. The van der Waals surface area contributed by atoms with Gasteiger partial charge in [0, 0.05) is 17.8 Å². The third kappa shape index (κ3) is 4.88. The number of carbonyl (C=O) groups is 1. The lowest BCUT2D eigenvalue weighted by atomic mass is 10.1. The van der Waals surface area contributed by atoms with Gasteiger partial charge in [-0.3, -0.25) is 5.10 Å². The number of aromatic amines is 1. The van der Waals surface area contributed by atoms with E-state index in [1.807, 2.05) is 0 Å². The Balaban J connectivity index is 2.45. The lowest BCUT2D eigenvalue weighted by molar-refractivity contribution is 0.0127. The number of amides is 1. The van der Waals surface area contributed by atoms with Crippen molar-refractivity contribution < 1.29 is 19.7 Å². The second-order valence-corrected chi connectivity index (χ2v) is 5.35. The van der Waals surface area contributed by atoms with Crippen molar-refractivity contribution in [3.8, 4) is 0 Å². The van der Waals surface area contributed by atoms with Crippen LogP contribution in [0.2, 0.25) is 0 Å². The largest absolute Gasteiger partial charge is 0.444 e. The van der Waals surface area contributed by atoms with Gasteiger partial charge >= 0.3 is 6.09 Å². The van der Waals surface area contributed by atoms with Gasteiger partial charge in [0.1, 0.15) is 17.8 Å². The quantitative estimate of drug-likeness (QED) is 0.642. The van der Waals surface area contributed by atoms with Crippen molar-refractivity contribution in [2.75, 3.05) is 6.54 Å². The molecule has 0 radical (unpaired) electrons. The number of aromatic nitrogens is 2. The maximum absolute atomic E-state index is 11.4. The van der Waals surface area contributed by atoms with E-state index in [9.17, 15) is 15.0 Å². The first kappa shape index (κ1) is 15.5. The number of rotatable bonds is 4. The van der Waals surface area contributed by atoms with E-state index in [1.165, 1.54) is 6.20 Å². The lowest BCUT2D eigenvalue weighted by Gasteiger charge is -2.22. The first-order valence-corrected chi connectivity index (χ1v) is 6.03. The van der Waals surface area contributed by atoms with Gasteiger partial charge in [0.2, 0.25) is 0 Å². The molecular formula is C12H21N3O4. The first-order valence-electron chi connectivity index (χ1n) is 6.03. The van der Waals surface area contributed by atoms with Gasteiger partial charge in [0.15, 0.2) is 0 Å². The molecule has 19 heavy (non-hydrogen) atoms. The van der Waals surface area contributed by atoms with Crippen molar-refractivity contribution in [1.82, 2.24) is 15.5 Å². The van der Waals surface area contributed by atoms with Crippen LogP contribution in [0.4, 0.5) is 4.79 Å². The van der Waals surface area contributed by atoms with Crippen LogP contribution >= 0.6 is 0 Å². The van der Waals surface area contributed by atoms with E-state index in [4.69, 9.17) is 4.74 Å². The molecular weight excluding hydrogens is 250 g/mol.